The SMILES string of the molecule is O=C(O)CCCCCCCCCCCCCCCCC(CC(=O)O)CC1CO1. The summed E-state index contributed by atoms with van der Waals surface area (Å²) in [4.78, 5) is 21.3. The summed E-state index contributed by atoms with van der Waals surface area (Å²) in [6.07, 6.45) is 20.1. The standard InChI is InChI=1S/C23H42O5/c24-22(25)16-14-12-10-8-6-4-2-1-3-5-7-9-11-13-15-20(18-23(26)27)17-21-19-28-21/h20-21H,1-19H2,(H,24,25)(H,26,27). The van der Waals surface area contributed by atoms with Crippen molar-refractivity contribution in [1.29, 1.82) is 0 Å². The highest BCUT2D eigenvalue weighted by Gasteiger charge is 2.27. The molecular weight excluding hydrogens is 356 g/mol. The Morgan fingerprint density at radius 3 is 1.54 bits per heavy atom. The molecule has 0 saturated carbocycles. The van der Waals surface area contributed by atoms with Gasteiger partial charge in [-0.3, -0.25) is 9.59 Å². The zero-order valence-corrected chi connectivity index (χ0v) is 17.7. The molecule has 5 heteroatoms. The van der Waals surface area contributed by atoms with Gasteiger partial charge in [0.1, 0.15) is 0 Å². The van der Waals surface area contributed by atoms with Crippen LogP contribution < -0.4 is 0 Å². The highest BCUT2D eigenvalue weighted by Crippen LogP contribution is 2.26. The van der Waals surface area contributed by atoms with Crippen molar-refractivity contribution in [2.24, 2.45) is 5.92 Å². The van der Waals surface area contributed by atoms with Gasteiger partial charge in [0.25, 0.3) is 0 Å². The smallest absolute Gasteiger partial charge is 0.303 e. The highest BCUT2D eigenvalue weighted by atomic mass is 16.6. The van der Waals surface area contributed by atoms with Crippen LogP contribution in [0.5, 0.6) is 0 Å². The first-order chi connectivity index (χ1) is 13.6. The maximum atomic E-state index is 10.9. The lowest BCUT2D eigenvalue weighted by molar-refractivity contribution is -0.138. The molecule has 1 saturated heterocycles. The number of epoxide rings is 1. The number of aliphatic carboxylic acids is 2. The van der Waals surface area contributed by atoms with Gasteiger partial charge in [0.05, 0.1) is 12.7 Å². The number of hydrogen-bond donors (Lipinski definition) is 2. The van der Waals surface area contributed by atoms with Crippen molar-refractivity contribution in [3.8, 4) is 0 Å². The van der Waals surface area contributed by atoms with Gasteiger partial charge in [0.2, 0.25) is 0 Å². The van der Waals surface area contributed by atoms with E-state index in [-0.39, 0.29) is 0 Å². The van der Waals surface area contributed by atoms with E-state index >= 15 is 0 Å². The minimum atomic E-state index is -0.677. The minimum Gasteiger partial charge on any atom is -0.481 e. The van der Waals surface area contributed by atoms with Crippen molar-refractivity contribution in [1.82, 2.24) is 0 Å². The molecule has 0 aromatic heterocycles. The summed E-state index contributed by atoms with van der Waals surface area (Å²) in [7, 11) is 0. The summed E-state index contributed by atoms with van der Waals surface area (Å²) in [6.45, 7) is 0.822. The second kappa shape index (κ2) is 16.8. The summed E-state index contributed by atoms with van der Waals surface area (Å²) < 4.78 is 5.24. The number of rotatable bonds is 21. The van der Waals surface area contributed by atoms with Gasteiger partial charge in [-0.15, -0.1) is 0 Å². The fourth-order valence-electron chi connectivity index (χ4n) is 3.96. The number of carbonyl (C=O) groups is 2. The first-order valence-corrected chi connectivity index (χ1v) is 11.6. The topological polar surface area (TPSA) is 87.1 Å². The average Bonchev–Trinajstić information content (AvgIpc) is 3.44. The quantitative estimate of drug-likeness (QED) is 0.178. The molecule has 0 radical (unpaired) electrons. The molecule has 5 nitrogen and oxygen atoms in total. The van der Waals surface area contributed by atoms with Crippen LogP contribution in [0.25, 0.3) is 0 Å². The third kappa shape index (κ3) is 17.0. The Labute approximate surface area is 171 Å². The minimum absolute atomic E-state index is 0.294. The maximum Gasteiger partial charge on any atom is 0.303 e. The molecule has 1 aliphatic heterocycles. The molecule has 0 aromatic carbocycles. The van der Waals surface area contributed by atoms with Gasteiger partial charge in [0, 0.05) is 12.8 Å². The van der Waals surface area contributed by atoms with Gasteiger partial charge < -0.3 is 14.9 Å². The Kier molecular flexibility index (Phi) is 15.0. The highest BCUT2D eigenvalue weighted by molar-refractivity contribution is 5.67. The predicted octanol–water partition coefficient (Wildman–Crippen LogP) is 6.19. The van der Waals surface area contributed by atoms with E-state index in [0.717, 1.165) is 38.7 Å². The van der Waals surface area contributed by atoms with Crippen molar-refractivity contribution in [2.45, 2.75) is 122 Å². The van der Waals surface area contributed by atoms with E-state index < -0.39 is 11.9 Å². The molecule has 1 rings (SSSR count). The fraction of sp³-hybridized carbons (Fsp3) is 0.913. The fourth-order valence-corrected chi connectivity index (χ4v) is 3.96. The van der Waals surface area contributed by atoms with Crippen LogP contribution in [-0.2, 0) is 14.3 Å². The van der Waals surface area contributed by atoms with Gasteiger partial charge >= 0.3 is 11.9 Å². The first-order valence-electron chi connectivity index (χ1n) is 11.6. The molecule has 1 heterocycles. The average molecular weight is 399 g/mol. The normalized spacial score (nSPS) is 16.8. The Bertz CT molecular complexity index is 406. The van der Waals surface area contributed by atoms with Gasteiger partial charge in [-0.25, -0.2) is 0 Å². The van der Waals surface area contributed by atoms with Crippen molar-refractivity contribution in [2.75, 3.05) is 6.61 Å². The molecule has 0 bridgehead atoms. The van der Waals surface area contributed by atoms with Crippen LogP contribution in [0.15, 0.2) is 0 Å². The number of ether oxygens (including phenoxy) is 1. The molecular formula is C23H42O5. The number of unbranched alkanes of at least 4 members (excludes halogenated alkanes) is 13. The van der Waals surface area contributed by atoms with E-state index in [0.29, 0.717) is 24.9 Å². The summed E-state index contributed by atoms with van der Waals surface area (Å²) in [5.74, 6) is -1.06. The van der Waals surface area contributed by atoms with Gasteiger partial charge in [-0.2, -0.15) is 0 Å². The van der Waals surface area contributed by atoms with Crippen LogP contribution in [0.1, 0.15) is 116 Å². The van der Waals surface area contributed by atoms with E-state index in [1.165, 1.54) is 70.6 Å². The van der Waals surface area contributed by atoms with Crippen LogP contribution in [0.4, 0.5) is 0 Å². The summed E-state index contributed by atoms with van der Waals surface area (Å²) in [5.41, 5.74) is 0. The second-order valence-corrected chi connectivity index (χ2v) is 8.54. The molecule has 0 spiro atoms. The maximum absolute atomic E-state index is 10.9. The Morgan fingerprint density at radius 1 is 0.714 bits per heavy atom. The molecule has 164 valence electrons. The second-order valence-electron chi connectivity index (χ2n) is 8.54. The molecule has 28 heavy (non-hydrogen) atoms. The van der Waals surface area contributed by atoms with Gasteiger partial charge in [-0.05, 0) is 25.2 Å². The van der Waals surface area contributed by atoms with Crippen LogP contribution in [0, 0.1) is 5.92 Å². The lowest BCUT2D eigenvalue weighted by Gasteiger charge is -2.13. The Morgan fingerprint density at radius 2 is 1.14 bits per heavy atom. The van der Waals surface area contributed by atoms with Crippen LogP contribution in [0.2, 0.25) is 0 Å². The molecule has 0 amide bonds. The van der Waals surface area contributed by atoms with Gasteiger partial charge in [0.15, 0.2) is 0 Å². The van der Waals surface area contributed by atoms with Crippen LogP contribution in [0.3, 0.4) is 0 Å². The van der Waals surface area contributed by atoms with Crippen molar-refractivity contribution < 1.29 is 24.5 Å². The molecule has 2 unspecified atom stereocenters. The lowest BCUT2D eigenvalue weighted by Crippen LogP contribution is -2.10. The number of carboxylic acid groups (broad SMARTS) is 2. The Balaban J connectivity index is 1.77. The third-order valence-electron chi connectivity index (χ3n) is 5.71. The van der Waals surface area contributed by atoms with E-state index in [1.807, 2.05) is 0 Å². The molecule has 2 N–H and O–H groups in total. The predicted molar refractivity (Wildman–Crippen MR) is 112 cm³/mol. The molecule has 2 atom stereocenters. The van der Waals surface area contributed by atoms with E-state index in [1.54, 1.807) is 0 Å². The molecule has 1 fully saturated rings. The summed E-state index contributed by atoms with van der Waals surface area (Å²) >= 11 is 0. The largest absolute Gasteiger partial charge is 0.481 e. The van der Waals surface area contributed by atoms with Crippen LogP contribution >= 0.6 is 0 Å². The summed E-state index contributed by atoms with van der Waals surface area (Å²) in [5, 5.41) is 17.6. The van der Waals surface area contributed by atoms with Crippen molar-refractivity contribution >= 4 is 11.9 Å². The molecule has 1 aliphatic rings. The molecule has 0 aliphatic carbocycles. The summed E-state index contributed by atoms with van der Waals surface area (Å²) in [6, 6.07) is 0. The Hall–Kier alpha value is -1.10. The van der Waals surface area contributed by atoms with E-state index in [9.17, 15) is 9.59 Å². The zero-order chi connectivity index (χ0) is 20.5. The molecule has 0 aromatic rings. The lowest BCUT2D eigenvalue weighted by atomic mass is 9.93. The van der Waals surface area contributed by atoms with E-state index in [2.05, 4.69) is 0 Å². The first kappa shape index (κ1) is 24.9. The van der Waals surface area contributed by atoms with Crippen LogP contribution in [-0.4, -0.2) is 34.9 Å². The van der Waals surface area contributed by atoms with Crippen molar-refractivity contribution in [3.05, 3.63) is 0 Å². The monoisotopic (exact) mass is 398 g/mol. The zero-order valence-electron chi connectivity index (χ0n) is 17.7. The number of hydrogen-bond acceptors (Lipinski definition) is 3. The van der Waals surface area contributed by atoms with Gasteiger partial charge in [-0.1, -0.05) is 83.5 Å². The van der Waals surface area contributed by atoms with Crippen molar-refractivity contribution in [3.63, 3.8) is 0 Å². The van der Waals surface area contributed by atoms with E-state index in [4.69, 9.17) is 14.9 Å². The number of carboxylic acids is 2. The third-order valence-corrected chi connectivity index (χ3v) is 5.71.